The van der Waals surface area contributed by atoms with Crippen molar-refractivity contribution < 1.29 is 9.59 Å². The van der Waals surface area contributed by atoms with E-state index < -0.39 is 18.0 Å². The third-order valence-corrected chi connectivity index (χ3v) is 3.39. The maximum absolute atomic E-state index is 12.1. The van der Waals surface area contributed by atoms with Crippen molar-refractivity contribution in [2.24, 2.45) is 11.5 Å². The van der Waals surface area contributed by atoms with Gasteiger partial charge in [-0.1, -0.05) is 56.5 Å². The number of carbonyl (C=O) groups is 2. The molecule has 2 amide bonds. The normalized spacial score (nSPS) is 13.4. The SMILES string of the molecule is CCCCC[C@H](NC(=O)[C@H](N)Cc1ccccc1)C(N)=O. The molecule has 21 heavy (non-hydrogen) atoms. The van der Waals surface area contributed by atoms with Crippen LogP contribution < -0.4 is 16.8 Å². The zero-order valence-electron chi connectivity index (χ0n) is 12.5. The van der Waals surface area contributed by atoms with E-state index in [0.717, 1.165) is 24.8 Å². The van der Waals surface area contributed by atoms with Gasteiger partial charge in [-0.15, -0.1) is 0 Å². The van der Waals surface area contributed by atoms with Crippen LogP contribution in [0.3, 0.4) is 0 Å². The molecule has 0 bridgehead atoms. The van der Waals surface area contributed by atoms with Crippen molar-refractivity contribution in [3.05, 3.63) is 35.9 Å². The van der Waals surface area contributed by atoms with Gasteiger partial charge in [0.15, 0.2) is 0 Å². The predicted octanol–water partition coefficient (Wildman–Crippen LogP) is 1.11. The van der Waals surface area contributed by atoms with E-state index in [-0.39, 0.29) is 5.91 Å². The first-order chi connectivity index (χ1) is 10.0. The molecule has 2 atom stereocenters. The molecule has 5 N–H and O–H groups in total. The van der Waals surface area contributed by atoms with Crippen molar-refractivity contribution in [3.63, 3.8) is 0 Å². The summed E-state index contributed by atoms with van der Waals surface area (Å²) in [5.41, 5.74) is 12.2. The molecule has 1 rings (SSSR count). The first kappa shape index (κ1) is 17.2. The van der Waals surface area contributed by atoms with Gasteiger partial charge in [0.25, 0.3) is 0 Å². The van der Waals surface area contributed by atoms with Crippen molar-refractivity contribution in [1.29, 1.82) is 0 Å². The average molecular weight is 291 g/mol. The lowest BCUT2D eigenvalue weighted by molar-refractivity contribution is -0.128. The standard InChI is InChI=1S/C16H25N3O2/c1-2-3-5-10-14(15(18)20)19-16(21)13(17)11-12-8-6-4-7-9-12/h4,6-9,13-14H,2-3,5,10-11,17H2,1H3,(H2,18,20)(H,19,21)/t13-,14+/m1/s1. The Morgan fingerprint density at radius 1 is 1.19 bits per heavy atom. The molecule has 0 saturated carbocycles. The summed E-state index contributed by atoms with van der Waals surface area (Å²) in [6.07, 6.45) is 3.92. The van der Waals surface area contributed by atoms with E-state index in [4.69, 9.17) is 11.5 Å². The summed E-state index contributed by atoms with van der Waals surface area (Å²) in [4.78, 5) is 23.4. The highest BCUT2D eigenvalue weighted by Gasteiger charge is 2.21. The third kappa shape index (κ3) is 6.40. The van der Waals surface area contributed by atoms with Gasteiger partial charge < -0.3 is 16.8 Å². The number of nitrogens with one attached hydrogen (secondary N) is 1. The fourth-order valence-corrected chi connectivity index (χ4v) is 2.12. The topological polar surface area (TPSA) is 98.2 Å². The second kappa shape index (κ2) is 9.13. The summed E-state index contributed by atoms with van der Waals surface area (Å²) in [6.45, 7) is 2.08. The largest absolute Gasteiger partial charge is 0.368 e. The molecular weight excluding hydrogens is 266 g/mol. The summed E-state index contributed by atoms with van der Waals surface area (Å²) < 4.78 is 0. The predicted molar refractivity (Wildman–Crippen MR) is 83.4 cm³/mol. The minimum atomic E-state index is -0.680. The Hall–Kier alpha value is -1.88. The van der Waals surface area contributed by atoms with Crippen LogP contribution in [-0.2, 0) is 16.0 Å². The summed E-state index contributed by atoms with van der Waals surface area (Å²) in [5, 5.41) is 2.66. The van der Waals surface area contributed by atoms with Gasteiger partial charge in [0, 0.05) is 0 Å². The smallest absolute Gasteiger partial charge is 0.240 e. The minimum absolute atomic E-state index is 0.334. The zero-order chi connectivity index (χ0) is 15.7. The molecule has 1 aromatic carbocycles. The highest BCUT2D eigenvalue weighted by Crippen LogP contribution is 2.05. The molecule has 0 aromatic heterocycles. The van der Waals surface area contributed by atoms with Gasteiger partial charge in [-0.25, -0.2) is 0 Å². The van der Waals surface area contributed by atoms with Crippen molar-refractivity contribution in [2.45, 2.75) is 51.1 Å². The Labute approximate surface area is 126 Å². The minimum Gasteiger partial charge on any atom is -0.368 e. The van der Waals surface area contributed by atoms with Crippen molar-refractivity contribution in [2.75, 3.05) is 0 Å². The lowest BCUT2D eigenvalue weighted by Crippen LogP contribution is -2.51. The highest BCUT2D eigenvalue weighted by molar-refractivity contribution is 5.89. The maximum Gasteiger partial charge on any atom is 0.240 e. The highest BCUT2D eigenvalue weighted by atomic mass is 16.2. The van der Waals surface area contributed by atoms with Crippen molar-refractivity contribution in [3.8, 4) is 0 Å². The summed E-state index contributed by atoms with van der Waals surface area (Å²) >= 11 is 0. The van der Waals surface area contributed by atoms with Crippen LogP contribution >= 0.6 is 0 Å². The zero-order valence-corrected chi connectivity index (χ0v) is 12.5. The lowest BCUT2D eigenvalue weighted by atomic mass is 10.0. The molecule has 0 aliphatic rings. The molecule has 1 aromatic rings. The van der Waals surface area contributed by atoms with E-state index in [1.54, 1.807) is 0 Å². The van der Waals surface area contributed by atoms with Crippen LogP contribution in [-0.4, -0.2) is 23.9 Å². The van der Waals surface area contributed by atoms with Gasteiger partial charge >= 0.3 is 0 Å². The second-order valence-electron chi connectivity index (χ2n) is 5.26. The number of carbonyl (C=O) groups excluding carboxylic acids is 2. The summed E-state index contributed by atoms with van der Waals surface area (Å²) in [6, 6.07) is 8.23. The number of benzene rings is 1. The van der Waals surface area contributed by atoms with Crippen LogP contribution in [0.2, 0.25) is 0 Å². The van der Waals surface area contributed by atoms with Crippen LogP contribution in [0.15, 0.2) is 30.3 Å². The van der Waals surface area contributed by atoms with Crippen molar-refractivity contribution in [1.82, 2.24) is 5.32 Å². The molecule has 5 heteroatoms. The van der Waals surface area contributed by atoms with Gasteiger partial charge in [-0.05, 0) is 18.4 Å². The van der Waals surface area contributed by atoms with Gasteiger partial charge in [-0.3, -0.25) is 9.59 Å². The number of amides is 2. The molecule has 0 saturated heterocycles. The van der Waals surface area contributed by atoms with Gasteiger partial charge in [0.1, 0.15) is 6.04 Å². The van der Waals surface area contributed by atoms with E-state index >= 15 is 0 Å². The molecule has 0 heterocycles. The van der Waals surface area contributed by atoms with Crippen LogP contribution in [0, 0.1) is 0 Å². The molecule has 5 nitrogen and oxygen atoms in total. The monoisotopic (exact) mass is 291 g/mol. The lowest BCUT2D eigenvalue weighted by Gasteiger charge is -2.18. The Kier molecular flexibility index (Phi) is 7.46. The number of hydrogen-bond acceptors (Lipinski definition) is 3. The molecule has 0 unspecified atom stereocenters. The Bertz CT molecular complexity index is 448. The van der Waals surface area contributed by atoms with E-state index in [0.29, 0.717) is 12.8 Å². The van der Waals surface area contributed by atoms with E-state index in [9.17, 15) is 9.59 Å². The van der Waals surface area contributed by atoms with E-state index in [1.165, 1.54) is 0 Å². The number of primary amides is 1. The van der Waals surface area contributed by atoms with Gasteiger partial charge in [-0.2, -0.15) is 0 Å². The number of hydrogen-bond donors (Lipinski definition) is 3. The number of rotatable bonds is 9. The van der Waals surface area contributed by atoms with Crippen molar-refractivity contribution >= 4 is 11.8 Å². The second-order valence-corrected chi connectivity index (χ2v) is 5.26. The first-order valence-corrected chi connectivity index (χ1v) is 7.43. The molecule has 0 aliphatic carbocycles. The molecule has 0 fully saturated rings. The Balaban J connectivity index is 2.50. The maximum atomic E-state index is 12.1. The molecular formula is C16H25N3O2. The summed E-state index contributed by atoms with van der Waals surface area (Å²) in [7, 11) is 0. The fourth-order valence-electron chi connectivity index (χ4n) is 2.12. The fraction of sp³-hybridized carbons (Fsp3) is 0.500. The average Bonchev–Trinajstić information content (AvgIpc) is 2.47. The van der Waals surface area contributed by atoms with Gasteiger partial charge in [0.05, 0.1) is 6.04 Å². The van der Waals surface area contributed by atoms with Crippen LogP contribution in [0.5, 0.6) is 0 Å². The van der Waals surface area contributed by atoms with Crippen LogP contribution in [0.4, 0.5) is 0 Å². The third-order valence-electron chi connectivity index (χ3n) is 3.39. The number of unbranched alkanes of at least 4 members (excludes halogenated alkanes) is 2. The van der Waals surface area contributed by atoms with Crippen LogP contribution in [0.1, 0.15) is 38.2 Å². The quantitative estimate of drug-likeness (QED) is 0.594. The first-order valence-electron chi connectivity index (χ1n) is 7.43. The number of nitrogens with two attached hydrogens (primary N) is 2. The molecule has 0 aliphatic heterocycles. The van der Waals surface area contributed by atoms with E-state index in [2.05, 4.69) is 12.2 Å². The molecule has 0 radical (unpaired) electrons. The van der Waals surface area contributed by atoms with Crippen LogP contribution in [0.25, 0.3) is 0 Å². The Morgan fingerprint density at radius 3 is 2.43 bits per heavy atom. The summed E-state index contributed by atoms with van der Waals surface area (Å²) in [5.74, 6) is -0.842. The van der Waals surface area contributed by atoms with E-state index in [1.807, 2.05) is 30.3 Å². The Morgan fingerprint density at radius 2 is 1.86 bits per heavy atom. The molecule has 116 valence electrons. The van der Waals surface area contributed by atoms with Gasteiger partial charge in [0.2, 0.25) is 11.8 Å². The molecule has 0 spiro atoms.